The zero-order chi connectivity index (χ0) is 16.7. The van der Waals surface area contributed by atoms with Gasteiger partial charge in [-0.1, -0.05) is 30.3 Å². The molecule has 23 heavy (non-hydrogen) atoms. The van der Waals surface area contributed by atoms with E-state index in [0.717, 1.165) is 5.56 Å². The second-order valence-electron chi connectivity index (χ2n) is 6.46. The second-order valence-corrected chi connectivity index (χ2v) is 8.45. The highest BCUT2D eigenvalue weighted by Crippen LogP contribution is 2.35. The van der Waals surface area contributed by atoms with E-state index in [2.05, 4.69) is 4.98 Å². The van der Waals surface area contributed by atoms with Gasteiger partial charge < -0.3 is 9.64 Å². The van der Waals surface area contributed by atoms with Crippen LogP contribution in [0.25, 0.3) is 0 Å². The van der Waals surface area contributed by atoms with E-state index in [1.165, 1.54) is 6.20 Å². The Bertz CT molecular complexity index is 817. The number of fused-ring (bicyclic) bond motifs is 1. The Morgan fingerprint density at radius 3 is 2.65 bits per heavy atom. The summed E-state index contributed by atoms with van der Waals surface area (Å²) in [4.78, 5) is 6.43. The van der Waals surface area contributed by atoms with Crippen LogP contribution in [0, 0.1) is 0 Å². The minimum atomic E-state index is -3.44. The third-order valence-corrected chi connectivity index (χ3v) is 5.42. The van der Waals surface area contributed by atoms with E-state index in [1.807, 2.05) is 44.0 Å². The zero-order valence-electron chi connectivity index (χ0n) is 13.5. The van der Waals surface area contributed by atoms with E-state index in [-0.39, 0.29) is 16.2 Å². The number of nitrogens with zero attached hydrogens (tertiary/aromatic N) is 2. The molecule has 5 nitrogen and oxygen atoms in total. The summed E-state index contributed by atoms with van der Waals surface area (Å²) in [6.45, 7) is 4.63. The van der Waals surface area contributed by atoms with Crippen LogP contribution in [-0.2, 0) is 15.6 Å². The monoisotopic (exact) mass is 332 g/mol. The lowest BCUT2D eigenvalue weighted by Gasteiger charge is -2.38. The van der Waals surface area contributed by atoms with Gasteiger partial charge in [0.15, 0.2) is 9.84 Å². The zero-order valence-corrected chi connectivity index (χ0v) is 14.3. The summed E-state index contributed by atoms with van der Waals surface area (Å²) in [5.74, 6) is 0.437. The number of aromatic nitrogens is 1. The fourth-order valence-corrected chi connectivity index (χ4v) is 4.07. The van der Waals surface area contributed by atoms with Crippen LogP contribution in [0.3, 0.4) is 0 Å². The third kappa shape index (κ3) is 3.32. The van der Waals surface area contributed by atoms with Gasteiger partial charge in [0.25, 0.3) is 0 Å². The van der Waals surface area contributed by atoms with Gasteiger partial charge >= 0.3 is 0 Å². The predicted molar refractivity (Wildman–Crippen MR) is 89.5 cm³/mol. The maximum atomic E-state index is 12.6. The van der Waals surface area contributed by atoms with Crippen LogP contribution in [-0.4, -0.2) is 32.6 Å². The molecule has 3 rings (SSSR count). The summed E-state index contributed by atoms with van der Waals surface area (Å²) in [7, 11) is -1.53. The summed E-state index contributed by atoms with van der Waals surface area (Å²) in [5.41, 5.74) is 1.12. The Labute approximate surface area is 136 Å². The Morgan fingerprint density at radius 1 is 1.26 bits per heavy atom. The number of rotatable bonds is 3. The molecule has 0 aliphatic carbocycles. The average Bonchev–Trinajstić information content (AvgIpc) is 2.46. The van der Waals surface area contributed by atoms with Crippen LogP contribution in [0.1, 0.15) is 19.4 Å². The summed E-state index contributed by atoms with van der Waals surface area (Å²) >= 11 is 0. The van der Waals surface area contributed by atoms with Crippen molar-refractivity contribution in [1.82, 2.24) is 4.98 Å². The molecule has 1 aromatic carbocycles. The number of likely N-dealkylation sites (N-methyl/N-ethyl adjacent to an activating group) is 1. The summed E-state index contributed by atoms with van der Waals surface area (Å²) < 4.78 is 31.1. The van der Waals surface area contributed by atoms with Crippen molar-refractivity contribution >= 4 is 15.5 Å². The van der Waals surface area contributed by atoms with Crippen LogP contribution in [0.5, 0.6) is 5.88 Å². The maximum Gasteiger partial charge on any atom is 0.238 e. The minimum Gasteiger partial charge on any atom is -0.468 e. The van der Waals surface area contributed by atoms with Gasteiger partial charge in [0.05, 0.1) is 17.2 Å². The lowest BCUT2D eigenvalue weighted by atomic mass is 10.1. The van der Waals surface area contributed by atoms with Gasteiger partial charge in [-0.2, -0.15) is 0 Å². The smallest absolute Gasteiger partial charge is 0.238 e. The molecule has 1 aliphatic rings. The van der Waals surface area contributed by atoms with Crippen LogP contribution < -0.4 is 9.64 Å². The maximum absolute atomic E-state index is 12.6. The number of pyridine rings is 1. The van der Waals surface area contributed by atoms with Crippen LogP contribution >= 0.6 is 0 Å². The van der Waals surface area contributed by atoms with Crippen molar-refractivity contribution in [3.63, 3.8) is 0 Å². The fraction of sp³-hybridized carbons (Fsp3) is 0.353. The molecule has 1 aliphatic heterocycles. The number of hydrogen-bond donors (Lipinski definition) is 0. The molecule has 2 heterocycles. The highest BCUT2D eigenvalue weighted by molar-refractivity contribution is 7.90. The molecule has 1 aromatic heterocycles. The third-order valence-electron chi connectivity index (χ3n) is 3.77. The number of sulfone groups is 1. The molecule has 0 amide bonds. The molecular weight excluding hydrogens is 312 g/mol. The topological polar surface area (TPSA) is 59.5 Å². The van der Waals surface area contributed by atoms with Gasteiger partial charge in [0.1, 0.15) is 11.3 Å². The Kier molecular flexibility index (Phi) is 3.80. The molecule has 0 atom stereocenters. The van der Waals surface area contributed by atoms with Crippen molar-refractivity contribution in [2.75, 3.05) is 18.5 Å². The summed E-state index contributed by atoms with van der Waals surface area (Å²) in [5, 5.41) is 0. The van der Waals surface area contributed by atoms with Crippen molar-refractivity contribution in [3.8, 4) is 5.88 Å². The molecular formula is C17H20N2O3S. The second kappa shape index (κ2) is 5.53. The molecule has 0 fully saturated rings. The Balaban J connectivity index is 1.94. The molecule has 6 heteroatoms. The first-order valence-corrected chi connectivity index (χ1v) is 9.09. The molecule has 0 bridgehead atoms. The Morgan fingerprint density at radius 2 is 1.96 bits per heavy atom. The van der Waals surface area contributed by atoms with Gasteiger partial charge in [0.2, 0.25) is 5.88 Å². The summed E-state index contributed by atoms with van der Waals surface area (Å²) in [6, 6.07) is 10.8. The van der Waals surface area contributed by atoms with Gasteiger partial charge in [-0.25, -0.2) is 13.4 Å². The SMILES string of the molecule is CN1CC(C)(C)Oc2ncc(S(=O)(=O)Cc3ccccc3)cc21. The molecule has 0 saturated heterocycles. The number of anilines is 1. The number of benzene rings is 1. The van der Waals surface area contributed by atoms with E-state index in [9.17, 15) is 8.42 Å². The van der Waals surface area contributed by atoms with E-state index in [0.29, 0.717) is 18.1 Å². The van der Waals surface area contributed by atoms with Gasteiger partial charge in [0, 0.05) is 13.2 Å². The van der Waals surface area contributed by atoms with Crippen LogP contribution in [0.15, 0.2) is 47.5 Å². The molecule has 0 N–H and O–H groups in total. The number of hydrogen-bond acceptors (Lipinski definition) is 5. The largest absolute Gasteiger partial charge is 0.468 e. The predicted octanol–water partition coefficient (Wildman–Crippen LogP) is 2.66. The molecule has 0 saturated carbocycles. The molecule has 0 spiro atoms. The lowest BCUT2D eigenvalue weighted by molar-refractivity contribution is 0.100. The van der Waals surface area contributed by atoms with E-state index in [1.54, 1.807) is 18.2 Å². The molecule has 0 unspecified atom stereocenters. The van der Waals surface area contributed by atoms with Gasteiger partial charge in [-0.05, 0) is 25.5 Å². The number of ether oxygens (including phenoxy) is 1. The van der Waals surface area contributed by atoms with Crippen LogP contribution in [0.4, 0.5) is 5.69 Å². The molecule has 122 valence electrons. The van der Waals surface area contributed by atoms with Crippen molar-refractivity contribution in [3.05, 3.63) is 48.2 Å². The van der Waals surface area contributed by atoms with Gasteiger partial charge in [-0.3, -0.25) is 0 Å². The first-order valence-electron chi connectivity index (χ1n) is 7.44. The molecule has 2 aromatic rings. The molecule has 0 radical (unpaired) electrons. The standard InChI is InChI=1S/C17H20N2O3S/c1-17(2)12-19(3)15-9-14(10-18-16(15)22-17)23(20,21)11-13-7-5-4-6-8-13/h4-10H,11-12H2,1-3H3. The van der Waals surface area contributed by atoms with E-state index >= 15 is 0 Å². The van der Waals surface area contributed by atoms with Crippen molar-refractivity contribution < 1.29 is 13.2 Å². The highest BCUT2D eigenvalue weighted by atomic mass is 32.2. The first-order chi connectivity index (χ1) is 10.8. The van der Waals surface area contributed by atoms with E-state index in [4.69, 9.17) is 4.74 Å². The lowest BCUT2D eigenvalue weighted by Crippen LogP contribution is -2.45. The highest BCUT2D eigenvalue weighted by Gasteiger charge is 2.32. The van der Waals surface area contributed by atoms with Crippen molar-refractivity contribution in [2.45, 2.75) is 30.1 Å². The summed E-state index contributed by atoms with van der Waals surface area (Å²) in [6.07, 6.45) is 1.38. The fourth-order valence-electron chi connectivity index (χ4n) is 2.77. The Hall–Kier alpha value is -2.08. The minimum absolute atomic E-state index is 0.0373. The van der Waals surface area contributed by atoms with Crippen LogP contribution in [0.2, 0.25) is 0 Å². The average molecular weight is 332 g/mol. The van der Waals surface area contributed by atoms with Crippen molar-refractivity contribution in [2.24, 2.45) is 0 Å². The normalized spacial score (nSPS) is 16.6. The van der Waals surface area contributed by atoms with Crippen molar-refractivity contribution in [1.29, 1.82) is 0 Å². The quantitative estimate of drug-likeness (QED) is 0.865. The first kappa shape index (κ1) is 15.8. The van der Waals surface area contributed by atoms with E-state index < -0.39 is 9.84 Å². The van der Waals surface area contributed by atoms with Gasteiger partial charge in [-0.15, -0.1) is 0 Å².